The van der Waals surface area contributed by atoms with Gasteiger partial charge in [0.15, 0.2) is 23.0 Å². The van der Waals surface area contributed by atoms with Crippen LogP contribution in [0.2, 0.25) is 0 Å². The topological polar surface area (TPSA) is 114 Å². The van der Waals surface area contributed by atoms with Crippen molar-refractivity contribution in [2.24, 2.45) is 0 Å². The Balaban J connectivity index is 2.03. The zero-order valence-electron chi connectivity index (χ0n) is 12.1. The number of nitrogens with one attached hydrogen (secondary N) is 1. The predicted octanol–water partition coefficient (Wildman–Crippen LogP) is 0.948. The molecule has 0 aliphatic heterocycles. The molecule has 0 aliphatic rings. The highest BCUT2D eigenvalue weighted by atomic mass is 15.2. The summed E-state index contributed by atoms with van der Waals surface area (Å²) in [6.45, 7) is 3.77. The Morgan fingerprint density at radius 2 is 1.64 bits per heavy atom. The Kier molecular flexibility index (Phi) is 5.16. The maximum absolute atomic E-state index is 9.09. The predicted molar refractivity (Wildman–Crippen MR) is 79.9 cm³/mol. The van der Waals surface area contributed by atoms with Gasteiger partial charge >= 0.3 is 0 Å². The third-order valence-electron chi connectivity index (χ3n) is 2.94. The molecule has 0 unspecified atom stereocenters. The third kappa shape index (κ3) is 3.44. The molecular weight excluding hydrogens is 280 g/mol. The molecule has 2 aromatic heterocycles. The maximum atomic E-state index is 9.09. The van der Waals surface area contributed by atoms with E-state index in [-0.39, 0.29) is 5.69 Å². The Hall–Kier alpha value is -3.26. The lowest BCUT2D eigenvalue weighted by Crippen LogP contribution is -2.30. The van der Waals surface area contributed by atoms with Crippen molar-refractivity contribution in [1.82, 2.24) is 19.9 Å². The van der Waals surface area contributed by atoms with Gasteiger partial charge in [-0.2, -0.15) is 10.5 Å². The minimum absolute atomic E-state index is 0.253. The van der Waals surface area contributed by atoms with E-state index in [1.54, 1.807) is 6.20 Å². The Morgan fingerprint density at radius 1 is 1.00 bits per heavy atom. The van der Waals surface area contributed by atoms with Crippen LogP contribution < -0.4 is 10.2 Å². The van der Waals surface area contributed by atoms with Gasteiger partial charge in [-0.1, -0.05) is 0 Å². The number of hydrogen-bond acceptors (Lipinski definition) is 8. The molecule has 0 aromatic carbocycles. The van der Waals surface area contributed by atoms with E-state index in [2.05, 4.69) is 25.3 Å². The normalized spacial score (nSPS) is 9.59. The monoisotopic (exact) mass is 294 g/mol. The summed E-state index contributed by atoms with van der Waals surface area (Å²) in [6.07, 6.45) is 6.05. The van der Waals surface area contributed by atoms with E-state index in [0.717, 1.165) is 0 Å². The number of anilines is 2. The van der Waals surface area contributed by atoms with Crippen LogP contribution in [-0.2, 0) is 0 Å². The van der Waals surface area contributed by atoms with Gasteiger partial charge in [0.25, 0.3) is 0 Å². The number of likely N-dealkylation sites (N-methyl/N-ethyl adjacent to an activating group) is 1. The van der Waals surface area contributed by atoms with Crippen LogP contribution >= 0.6 is 0 Å². The molecule has 0 radical (unpaired) electrons. The van der Waals surface area contributed by atoms with Crippen molar-refractivity contribution in [3.63, 3.8) is 0 Å². The fourth-order valence-electron chi connectivity index (χ4n) is 1.91. The fraction of sp³-hybridized carbons (Fsp3) is 0.286. The van der Waals surface area contributed by atoms with Crippen molar-refractivity contribution in [3.05, 3.63) is 36.2 Å². The fourth-order valence-corrected chi connectivity index (χ4v) is 1.91. The van der Waals surface area contributed by atoms with Crippen LogP contribution in [0.4, 0.5) is 11.6 Å². The number of rotatable bonds is 6. The van der Waals surface area contributed by atoms with E-state index in [4.69, 9.17) is 10.5 Å². The number of aromatic nitrogens is 4. The molecule has 2 aromatic rings. The summed E-state index contributed by atoms with van der Waals surface area (Å²) in [7, 11) is 0. The van der Waals surface area contributed by atoms with Gasteiger partial charge in [-0.05, 0) is 6.92 Å². The van der Waals surface area contributed by atoms with Gasteiger partial charge in [0.2, 0.25) is 0 Å². The largest absolute Gasteiger partial charge is 0.366 e. The van der Waals surface area contributed by atoms with Crippen LogP contribution in [-0.4, -0.2) is 39.6 Å². The molecule has 8 nitrogen and oxygen atoms in total. The standard InChI is InChI=1S/C14H14N8/c1-2-22(14-12(10-16)18-4-6-21-14)8-7-20-13-11(9-15)17-3-5-19-13/h3-6H,2,7-8H2,1H3,(H,19,20). The second-order valence-electron chi connectivity index (χ2n) is 4.21. The van der Waals surface area contributed by atoms with Crippen molar-refractivity contribution in [2.75, 3.05) is 29.9 Å². The van der Waals surface area contributed by atoms with E-state index in [1.807, 2.05) is 24.0 Å². The summed E-state index contributed by atoms with van der Waals surface area (Å²) >= 11 is 0. The SMILES string of the molecule is CCN(CCNc1nccnc1C#N)c1nccnc1C#N. The van der Waals surface area contributed by atoms with Crippen LogP contribution in [0.5, 0.6) is 0 Å². The molecular formula is C14H14N8. The van der Waals surface area contributed by atoms with E-state index in [9.17, 15) is 0 Å². The van der Waals surface area contributed by atoms with E-state index in [1.165, 1.54) is 18.6 Å². The average molecular weight is 294 g/mol. The van der Waals surface area contributed by atoms with Gasteiger partial charge in [0.05, 0.1) is 0 Å². The first kappa shape index (κ1) is 15.1. The minimum atomic E-state index is 0.253. The molecule has 0 bridgehead atoms. The number of hydrogen-bond donors (Lipinski definition) is 1. The van der Waals surface area contributed by atoms with Gasteiger partial charge in [-0.3, -0.25) is 0 Å². The van der Waals surface area contributed by atoms with Gasteiger partial charge < -0.3 is 10.2 Å². The van der Waals surface area contributed by atoms with Crippen LogP contribution in [0.1, 0.15) is 18.3 Å². The molecule has 2 heterocycles. The van der Waals surface area contributed by atoms with Crippen molar-refractivity contribution in [1.29, 1.82) is 10.5 Å². The Morgan fingerprint density at radius 3 is 2.32 bits per heavy atom. The first-order valence-corrected chi connectivity index (χ1v) is 6.71. The summed E-state index contributed by atoms with van der Waals surface area (Å²) < 4.78 is 0. The summed E-state index contributed by atoms with van der Waals surface area (Å²) in [5, 5.41) is 21.1. The van der Waals surface area contributed by atoms with Gasteiger partial charge in [-0.25, -0.2) is 19.9 Å². The molecule has 0 saturated heterocycles. The number of nitrogens with zero attached hydrogens (tertiary/aromatic N) is 7. The van der Waals surface area contributed by atoms with Crippen LogP contribution in [0.3, 0.4) is 0 Å². The molecule has 22 heavy (non-hydrogen) atoms. The summed E-state index contributed by atoms with van der Waals surface area (Å²) in [5.41, 5.74) is 0.546. The van der Waals surface area contributed by atoms with Gasteiger partial charge in [0.1, 0.15) is 12.1 Å². The molecule has 0 spiro atoms. The Labute approximate surface area is 128 Å². The van der Waals surface area contributed by atoms with Crippen LogP contribution in [0.25, 0.3) is 0 Å². The first-order chi connectivity index (χ1) is 10.8. The molecule has 0 amide bonds. The second-order valence-corrected chi connectivity index (χ2v) is 4.21. The maximum Gasteiger partial charge on any atom is 0.183 e. The number of nitriles is 2. The van der Waals surface area contributed by atoms with E-state index in [0.29, 0.717) is 37.0 Å². The molecule has 1 N–H and O–H groups in total. The molecule has 0 aliphatic carbocycles. The van der Waals surface area contributed by atoms with Crippen molar-refractivity contribution in [3.8, 4) is 12.1 Å². The quantitative estimate of drug-likeness (QED) is 0.837. The molecule has 0 atom stereocenters. The lowest BCUT2D eigenvalue weighted by atomic mass is 10.3. The van der Waals surface area contributed by atoms with Gasteiger partial charge in [-0.15, -0.1) is 0 Å². The molecule has 2 rings (SSSR count). The zero-order valence-corrected chi connectivity index (χ0v) is 12.1. The van der Waals surface area contributed by atoms with Crippen molar-refractivity contribution < 1.29 is 0 Å². The zero-order chi connectivity index (χ0) is 15.8. The van der Waals surface area contributed by atoms with E-state index < -0.39 is 0 Å². The molecule has 110 valence electrons. The van der Waals surface area contributed by atoms with Crippen molar-refractivity contribution >= 4 is 11.6 Å². The molecule has 8 heteroatoms. The highest BCUT2D eigenvalue weighted by molar-refractivity contribution is 5.50. The smallest absolute Gasteiger partial charge is 0.183 e. The lowest BCUT2D eigenvalue weighted by molar-refractivity contribution is 0.808. The highest BCUT2D eigenvalue weighted by Crippen LogP contribution is 2.13. The second kappa shape index (κ2) is 7.50. The summed E-state index contributed by atoms with van der Waals surface area (Å²) in [4.78, 5) is 18.2. The highest BCUT2D eigenvalue weighted by Gasteiger charge is 2.12. The molecule has 0 fully saturated rings. The molecule has 0 saturated carbocycles. The lowest BCUT2D eigenvalue weighted by Gasteiger charge is -2.22. The van der Waals surface area contributed by atoms with E-state index >= 15 is 0 Å². The average Bonchev–Trinajstić information content (AvgIpc) is 2.59. The van der Waals surface area contributed by atoms with Crippen LogP contribution in [0, 0.1) is 22.7 Å². The van der Waals surface area contributed by atoms with Crippen LogP contribution in [0.15, 0.2) is 24.8 Å². The third-order valence-corrected chi connectivity index (χ3v) is 2.94. The Bertz CT molecular complexity index is 715. The summed E-state index contributed by atoms with van der Waals surface area (Å²) in [6, 6.07) is 4.02. The van der Waals surface area contributed by atoms with Gasteiger partial charge in [0, 0.05) is 44.4 Å². The minimum Gasteiger partial charge on any atom is -0.366 e. The van der Waals surface area contributed by atoms with Crippen molar-refractivity contribution in [2.45, 2.75) is 6.92 Å². The first-order valence-electron chi connectivity index (χ1n) is 6.71. The summed E-state index contributed by atoms with van der Waals surface area (Å²) in [5.74, 6) is 0.995.